The topological polar surface area (TPSA) is 70.1 Å². The number of amides is 1. The number of nitrogens with one attached hydrogen (secondary N) is 2. The first-order chi connectivity index (χ1) is 13.6. The average molecular weight is 376 g/mol. The number of imidazole rings is 1. The standard InChI is InChI=1S/C22H24N4O2/c1-16-14-24-22(28)26(16)19-10-8-17(9-11-19)21(27)23-15-18-6-2-3-7-20(18)25-12-4-5-13-25/h2-3,6-11,14H,4-5,12-13,15H2,1H3,(H,23,27)(H,24,28). The van der Waals surface area contributed by atoms with Crippen molar-refractivity contribution >= 4 is 11.6 Å². The second-order valence-corrected chi connectivity index (χ2v) is 7.12. The summed E-state index contributed by atoms with van der Waals surface area (Å²) >= 11 is 0. The van der Waals surface area contributed by atoms with Crippen molar-refractivity contribution in [1.82, 2.24) is 14.9 Å². The van der Waals surface area contributed by atoms with Crippen LogP contribution in [0.3, 0.4) is 0 Å². The van der Waals surface area contributed by atoms with Gasteiger partial charge in [0.2, 0.25) is 0 Å². The van der Waals surface area contributed by atoms with E-state index in [1.54, 1.807) is 35.0 Å². The second-order valence-electron chi connectivity index (χ2n) is 7.12. The van der Waals surface area contributed by atoms with E-state index >= 15 is 0 Å². The van der Waals surface area contributed by atoms with Crippen LogP contribution in [0.4, 0.5) is 5.69 Å². The fourth-order valence-corrected chi connectivity index (χ4v) is 3.74. The molecule has 1 fully saturated rings. The Morgan fingerprint density at radius 3 is 2.46 bits per heavy atom. The van der Waals surface area contributed by atoms with Gasteiger partial charge in [0, 0.05) is 42.8 Å². The molecule has 28 heavy (non-hydrogen) atoms. The predicted octanol–water partition coefficient (Wildman–Crippen LogP) is 3.00. The zero-order valence-corrected chi connectivity index (χ0v) is 15.9. The van der Waals surface area contributed by atoms with Crippen LogP contribution in [-0.2, 0) is 6.54 Å². The maximum atomic E-state index is 12.6. The van der Waals surface area contributed by atoms with Crippen molar-refractivity contribution in [2.24, 2.45) is 0 Å². The molecule has 0 unspecified atom stereocenters. The van der Waals surface area contributed by atoms with Crippen LogP contribution < -0.4 is 15.9 Å². The summed E-state index contributed by atoms with van der Waals surface area (Å²) in [7, 11) is 0. The fraction of sp³-hybridized carbons (Fsp3) is 0.273. The summed E-state index contributed by atoms with van der Waals surface area (Å²) in [5.41, 5.74) is 4.28. The molecule has 0 spiro atoms. The number of carbonyl (C=O) groups is 1. The molecule has 1 aliphatic heterocycles. The Morgan fingerprint density at radius 2 is 1.79 bits per heavy atom. The number of anilines is 1. The normalized spacial score (nSPS) is 13.7. The summed E-state index contributed by atoms with van der Waals surface area (Å²) in [6.45, 7) is 4.49. The van der Waals surface area contributed by atoms with Crippen LogP contribution in [0.2, 0.25) is 0 Å². The summed E-state index contributed by atoms with van der Waals surface area (Å²) in [6.07, 6.45) is 4.11. The van der Waals surface area contributed by atoms with E-state index in [-0.39, 0.29) is 11.6 Å². The Bertz CT molecular complexity index is 1030. The molecule has 1 saturated heterocycles. The molecule has 0 bridgehead atoms. The first-order valence-corrected chi connectivity index (χ1v) is 9.62. The van der Waals surface area contributed by atoms with E-state index in [0.29, 0.717) is 12.1 Å². The van der Waals surface area contributed by atoms with Gasteiger partial charge in [-0.25, -0.2) is 4.79 Å². The zero-order valence-electron chi connectivity index (χ0n) is 15.9. The molecule has 0 saturated carbocycles. The maximum Gasteiger partial charge on any atom is 0.330 e. The molecule has 0 radical (unpaired) electrons. The van der Waals surface area contributed by atoms with Crippen molar-refractivity contribution in [3.8, 4) is 5.69 Å². The van der Waals surface area contributed by atoms with Crippen LogP contribution in [0.25, 0.3) is 5.69 Å². The van der Waals surface area contributed by atoms with Crippen LogP contribution >= 0.6 is 0 Å². The highest BCUT2D eigenvalue weighted by Gasteiger charge is 2.16. The van der Waals surface area contributed by atoms with Crippen molar-refractivity contribution in [3.05, 3.63) is 82.0 Å². The molecular weight excluding hydrogens is 352 g/mol. The number of hydrogen-bond donors (Lipinski definition) is 2. The molecule has 2 heterocycles. The monoisotopic (exact) mass is 376 g/mol. The number of para-hydroxylation sites is 1. The third-order valence-corrected chi connectivity index (χ3v) is 5.23. The van der Waals surface area contributed by atoms with Crippen molar-refractivity contribution in [3.63, 3.8) is 0 Å². The highest BCUT2D eigenvalue weighted by atomic mass is 16.2. The number of nitrogens with zero attached hydrogens (tertiary/aromatic N) is 2. The van der Waals surface area contributed by atoms with Crippen LogP contribution in [-0.4, -0.2) is 28.5 Å². The molecule has 3 aromatic rings. The highest BCUT2D eigenvalue weighted by molar-refractivity contribution is 5.94. The van der Waals surface area contributed by atoms with Gasteiger partial charge >= 0.3 is 5.69 Å². The summed E-state index contributed by atoms with van der Waals surface area (Å²) < 4.78 is 1.58. The van der Waals surface area contributed by atoms with E-state index in [1.165, 1.54) is 18.5 Å². The number of aryl methyl sites for hydroxylation is 1. The Kier molecular flexibility index (Phi) is 5.02. The van der Waals surface area contributed by atoms with Crippen LogP contribution in [0.15, 0.2) is 59.5 Å². The smallest absolute Gasteiger partial charge is 0.330 e. The Balaban J connectivity index is 1.46. The fourth-order valence-electron chi connectivity index (χ4n) is 3.74. The zero-order chi connectivity index (χ0) is 19.5. The number of benzene rings is 2. The Labute approximate surface area is 163 Å². The molecule has 2 N–H and O–H groups in total. The van der Waals surface area contributed by atoms with Gasteiger partial charge in [-0.1, -0.05) is 18.2 Å². The van der Waals surface area contributed by atoms with Gasteiger partial charge in [0.1, 0.15) is 0 Å². The number of aromatic amines is 1. The van der Waals surface area contributed by atoms with Gasteiger partial charge in [-0.05, 0) is 55.7 Å². The van der Waals surface area contributed by atoms with E-state index in [2.05, 4.69) is 27.3 Å². The molecule has 0 aliphatic carbocycles. The minimum Gasteiger partial charge on any atom is -0.371 e. The number of hydrogen-bond acceptors (Lipinski definition) is 3. The van der Waals surface area contributed by atoms with Crippen LogP contribution in [0, 0.1) is 6.92 Å². The summed E-state index contributed by atoms with van der Waals surface area (Å²) in [4.78, 5) is 29.5. The van der Waals surface area contributed by atoms with Gasteiger partial charge in [-0.3, -0.25) is 9.36 Å². The van der Waals surface area contributed by atoms with E-state index < -0.39 is 0 Å². The van der Waals surface area contributed by atoms with Gasteiger partial charge in [0.15, 0.2) is 0 Å². The lowest BCUT2D eigenvalue weighted by atomic mass is 10.1. The molecule has 144 valence electrons. The van der Waals surface area contributed by atoms with Crippen molar-refractivity contribution in [2.45, 2.75) is 26.3 Å². The van der Waals surface area contributed by atoms with Crippen LogP contribution in [0.5, 0.6) is 0 Å². The third-order valence-electron chi connectivity index (χ3n) is 5.23. The lowest BCUT2D eigenvalue weighted by Gasteiger charge is -2.21. The quantitative estimate of drug-likeness (QED) is 0.719. The van der Waals surface area contributed by atoms with E-state index in [4.69, 9.17) is 0 Å². The third kappa shape index (κ3) is 3.58. The first kappa shape index (κ1) is 18.1. The van der Waals surface area contributed by atoms with Gasteiger partial charge in [-0.2, -0.15) is 0 Å². The minimum atomic E-state index is -0.187. The number of rotatable bonds is 5. The van der Waals surface area contributed by atoms with Gasteiger partial charge in [0.05, 0.1) is 5.69 Å². The van der Waals surface area contributed by atoms with Crippen molar-refractivity contribution in [1.29, 1.82) is 0 Å². The lowest BCUT2D eigenvalue weighted by Crippen LogP contribution is -2.25. The Hall–Kier alpha value is -3.28. The van der Waals surface area contributed by atoms with Crippen molar-refractivity contribution < 1.29 is 4.79 Å². The largest absolute Gasteiger partial charge is 0.371 e. The van der Waals surface area contributed by atoms with E-state index in [9.17, 15) is 9.59 Å². The summed E-state index contributed by atoms with van der Waals surface area (Å²) in [5.74, 6) is -0.124. The van der Waals surface area contributed by atoms with E-state index in [0.717, 1.165) is 30.0 Å². The molecule has 6 heteroatoms. The minimum absolute atomic E-state index is 0.124. The first-order valence-electron chi connectivity index (χ1n) is 9.62. The van der Waals surface area contributed by atoms with Crippen molar-refractivity contribution in [2.75, 3.05) is 18.0 Å². The molecule has 1 amide bonds. The molecule has 1 aromatic heterocycles. The maximum absolute atomic E-state index is 12.6. The number of carbonyl (C=O) groups excluding carboxylic acids is 1. The average Bonchev–Trinajstić information content (AvgIpc) is 3.37. The predicted molar refractivity (Wildman–Crippen MR) is 110 cm³/mol. The van der Waals surface area contributed by atoms with Gasteiger partial charge in [0.25, 0.3) is 5.91 Å². The molecule has 4 rings (SSSR count). The molecule has 2 aromatic carbocycles. The Morgan fingerprint density at radius 1 is 1.07 bits per heavy atom. The SMILES string of the molecule is Cc1c[nH]c(=O)n1-c1ccc(C(=O)NCc2ccccc2N2CCCC2)cc1. The number of aromatic nitrogens is 2. The lowest BCUT2D eigenvalue weighted by molar-refractivity contribution is 0.0951. The second kappa shape index (κ2) is 7.76. The van der Waals surface area contributed by atoms with Crippen LogP contribution in [0.1, 0.15) is 34.5 Å². The van der Waals surface area contributed by atoms with Gasteiger partial charge in [-0.15, -0.1) is 0 Å². The van der Waals surface area contributed by atoms with E-state index in [1.807, 2.05) is 19.1 Å². The summed E-state index contributed by atoms with van der Waals surface area (Å²) in [5, 5.41) is 3.02. The molecular formula is C22H24N4O2. The molecule has 6 nitrogen and oxygen atoms in total. The highest BCUT2D eigenvalue weighted by Crippen LogP contribution is 2.24. The molecule has 0 atom stereocenters. The molecule has 1 aliphatic rings. The van der Waals surface area contributed by atoms with Gasteiger partial charge < -0.3 is 15.2 Å². The summed E-state index contributed by atoms with van der Waals surface area (Å²) in [6, 6.07) is 15.3. The number of H-pyrrole nitrogens is 1.